The van der Waals surface area contributed by atoms with Gasteiger partial charge in [0.15, 0.2) is 0 Å². The number of carbonyl (C=O) groups is 2. The third-order valence-corrected chi connectivity index (χ3v) is 5.08. The molecule has 0 fully saturated rings. The van der Waals surface area contributed by atoms with Crippen LogP contribution in [-0.2, 0) is 11.3 Å². The largest absolute Gasteiger partial charge is 0.462 e. The summed E-state index contributed by atoms with van der Waals surface area (Å²) >= 11 is 0. The second-order valence-corrected chi connectivity index (χ2v) is 7.54. The maximum atomic E-state index is 12.8. The van der Waals surface area contributed by atoms with Crippen LogP contribution in [0.25, 0.3) is 5.69 Å². The molecule has 0 aliphatic carbocycles. The maximum absolute atomic E-state index is 12.8. The molecule has 0 aliphatic rings. The molecule has 0 aliphatic heterocycles. The smallest absolute Gasteiger partial charge is 0.341 e. The van der Waals surface area contributed by atoms with Crippen molar-refractivity contribution >= 4 is 17.6 Å². The van der Waals surface area contributed by atoms with Crippen LogP contribution in [-0.4, -0.2) is 54.3 Å². The van der Waals surface area contributed by atoms with E-state index in [0.29, 0.717) is 30.0 Å². The predicted octanol–water partition coefficient (Wildman–Crippen LogP) is 3.70. The molecule has 0 radical (unpaired) electrons. The van der Waals surface area contributed by atoms with Gasteiger partial charge in [-0.1, -0.05) is 12.1 Å². The number of anilines is 1. The number of hydrogen-bond acceptors (Lipinski definition) is 5. The van der Waals surface area contributed by atoms with E-state index in [0.717, 1.165) is 16.9 Å². The monoisotopic (exact) mass is 420 g/mol. The molecule has 2 aromatic carbocycles. The van der Waals surface area contributed by atoms with E-state index in [2.05, 4.69) is 5.10 Å². The second-order valence-electron chi connectivity index (χ2n) is 7.54. The normalized spacial score (nSPS) is 10.6. The van der Waals surface area contributed by atoms with Crippen molar-refractivity contribution in [3.8, 4) is 5.69 Å². The zero-order valence-corrected chi connectivity index (χ0v) is 18.6. The minimum atomic E-state index is -0.390. The van der Waals surface area contributed by atoms with E-state index in [-0.39, 0.29) is 5.91 Å². The number of aromatic nitrogens is 2. The lowest BCUT2D eigenvalue weighted by Gasteiger charge is -2.19. The maximum Gasteiger partial charge on any atom is 0.341 e. The first kappa shape index (κ1) is 22.1. The van der Waals surface area contributed by atoms with Gasteiger partial charge in [-0.2, -0.15) is 5.10 Å². The first-order valence-corrected chi connectivity index (χ1v) is 10.2. The number of rotatable bonds is 7. The Balaban J connectivity index is 1.70. The van der Waals surface area contributed by atoms with Gasteiger partial charge < -0.3 is 14.5 Å². The molecule has 162 valence electrons. The molecule has 0 spiro atoms. The van der Waals surface area contributed by atoms with Gasteiger partial charge in [-0.25, -0.2) is 9.48 Å². The minimum Gasteiger partial charge on any atom is -0.462 e. The summed E-state index contributed by atoms with van der Waals surface area (Å²) in [5, 5.41) is 4.29. The van der Waals surface area contributed by atoms with Crippen molar-refractivity contribution in [3.63, 3.8) is 0 Å². The third kappa shape index (κ3) is 4.94. The summed E-state index contributed by atoms with van der Waals surface area (Å²) in [4.78, 5) is 28.6. The molecule has 1 amide bonds. The van der Waals surface area contributed by atoms with Crippen molar-refractivity contribution in [1.82, 2.24) is 14.7 Å². The first-order chi connectivity index (χ1) is 14.8. The number of esters is 1. The van der Waals surface area contributed by atoms with Gasteiger partial charge >= 0.3 is 5.97 Å². The number of amides is 1. The zero-order valence-electron chi connectivity index (χ0n) is 18.6. The fourth-order valence-electron chi connectivity index (χ4n) is 3.29. The molecule has 0 bridgehead atoms. The van der Waals surface area contributed by atoms with Crippen LogP contribution in [0.15, 0.2) is 54.7 Å². The minimum absolute atomic E-state index is 0.0624. The average Bonchev–Trinajstić information content (AvgIpc) is 3.15. The quantitative estimate of drug-likeness (QED) is 0.545. The summed E-state index contributed by atoms with van der Waals surface area (Å²) in [7, 11) is 5.78. The molecule has 3 aromatic rings. The Bertz CT molecular complexity index is 1050. The highest BCUT2D eigenvalue weighted by Gasteiger charge is 2.17. The van der Waals surface area contributed by atoms with Crippen LogP contribution in [0.3, 0.4) is 0 Å². The third-order valence-electron chi connectivity index (χ3n) is 5.08. The van der Waals surface area contributed by atoms with E-state index in [1.807, 2.05) is 62.3 Å². The van der Waals surface area contributed by atoms with E-state index >= 15 is 0 Å². The van der Waals surface area contributed by atoms with Crippen molar-refractivity contribution < 1.29 is 14.3 Å². The summed E-state index contributed by atoms with van der Waals surface area (Å²) in [6.07, 6.45) is 1.50. The molecule has 0 unspecified atom stereocenters. The molecule has 1 aromatic heterocycles. The van der Waals surface area contributed by atoms with Gasteiger partial charge in [-0.15, -0.1) is 0 Å². The van der Waals surface area contributed by atoms with Gasteiger partial charge in [0.2, 0.25) is 0 Å². The molecule has 0 saturated heterocycles. The average molecular weight is 421 g/mol. The second kappa shape index (κ2) is 9.47. The van der Waals surface area contributed by atoms with E-state index < -0.39 is 5.97 Å². The van der Waals surface area contributed by atoms with E-state index in [4.69, 9.17) is 4.74 Å². The standard InChI is InChI=1S/C24H28N4O3/c1-6-31-24(30)22-15-25-28(17(22)2)21-13-9-19(10-14-21)23(29)27(5)16-18-7-11-20(12-8-18)26(3)4/h7-15H,6,16H2,1-5H3. The Morgan fingerprint density at radius 1 is 1.00 bits per heavy atom. The molecule has 0 saturated carbocycles. The predicted molar refractivity (Wildman–Crippen MR) is 121 cm³/mol. The van der Waals surface area contributed by atoms with Crippen LogP contribution >= 0.6 is 0 Å². The molecule has 31 heavy (non-hydrogen) atoms. The summed E-state index contributed by atoms with van der Waals surface area (Å²) in [5.41, 5.74) is 4.67. The van der Waals surface area contributed by atoms with Crippen molar-refractivity contribution in [2.24, 2.45) is 0 Å². The van der Waals surface area contributed by atoms with Crippen LogP contribution in [0.1, 0.15) is 38.9 Å². The van der Waals surface area contributed by atoms with Crippen molar-refractivity contribution in [3.05, 3.63) is 77.1 Å². The van der Waals surface area contributed by atoms with Crippen LogP contribution in [0.4, 0.5) is 5.69 Å². The molecular weight excluding hydrogens is 392 g/mol. The SMILES string of the molecule is CCOC(=O)c1cnn(-c2ccc(C(=O)N(C)Cc3ccc(N(C)C)cc3)cc2)c1C. The lowest BCUT2D eigenvalue weighted by Crippen LogP contribution is -2.26. The molecule has 3 rings (SSSR count). The van der Waals surface area contributed by atoms with Crippen LogP contribution in [0.5, 0.6) is 0 Å². The van der Waals surface area contributed by atoms with Gasteiger partial charge in [0, 0.05) is 38.9 Å². The molecule has 7 nitrogen and oxygen atoms in total. The number of carbonyl (C=O) groups excluding carboxylic acids is 2. The lowest BCUT2D eigenvalue weighted by molar-refractivity contribution is 0.0525. The zero-order chi connectivity index (χ0) is 22.5. The van der Waals surface area contributed by atoms with Crippen molar-refractivity contribution in [2.75, 3.05) is 32.6 Å². The lowest BCUT2D eigenvalue weighted by atomic mass is 10.1. The van der Waals surface area contributed by atoms with Crippen LogP contribution in [0, 0.1) is 6.92 Å². The Hall–Kier alpha value is -3.61. The topological polar surface area (TPSA) is 67.7 Å². The van der Waals surface area contributed by atoms with Gasteiger partial charge in [-0.05, 0) is 55.8 Å². The number of hydrogen-bond donors (Lipinski definition) is 0. The van der Waals surface area contributed by atoms with Crippen molar-refractivity contribution in [1.29, 1.82) is 0 Å². The fourth-order valence-corrected chi connectivity index (χ4v) is 3.29. The van der Waals surface area contributed by atoms with Crippen LogP contribution < -0.4 is 4.90 Å². The summed E-state index contributed by atoms with van der Waals surface area (Å²) < 4.78 is 6.72. The van der Waals surface area contributed by atoms with E-state index in [1.165, 1.54) is 6.20 Å². The van der Waals surface area contributed by atoms with E-state index in [9.17, 15) is 9.59 Å². The first-order valence-electron chi connectivity index (χ1n) is 10.2. The van der Waals surface area contributed by atoms with Gasteiger partial charge in [0.1, 0.15) is 5.56 Å². The Labute approximate surface area is 182 Å². The molecule has 0 atom stereocenters. The molecule has 1 heterocycles. The summed E-state index contributed by atoms with van der Waals surface area (Å²) in [6, 6.07) is 15.3. The number of nitrogens with zero attached hydrogens (tertiary/aromatic N) is 4. The number of ether oxygens (including phenoxy) is 1. The Morgan fingerprint density at radius 3 is 2.23 bits per heavy atom. The van der Waals surface area contributed by atoms with Crippen molar-refractivity contribution in [2.45, 2.75) is 20.4 Å². The fraction of sp³-hybridized carbons (Fsp3) is 0.292. The highest BCUT2D eigenvalue weighted by Crippen LogP contribution is 2.18. The van der Waals surface area contributed by atoms with Gasteiger partial charge in [-0.3, -0.25) is 4.79 Å². The van der Waals surface area contributed by atoms with Gasteiger partial charge in [0.05, 0.1) is 24.2 Å². The molecule has 7 heteroatoms. The Morgan fingerprint density at radius 2 is 1.65 bits per heavy atom. The molecular formula is C24H28N4O3. The summed E-state index contributed by atoms with van der Waals surface area (Å²) in [6.45, 7) is 4.42. The summed E-state index contributed by atoms with van der Waals surface area (Å²) in [5.74, 6) is -0.453. The number of benzene rings is 2. The molecule has 0 N–H and O–H groups in total. The van der Waals surface area contributed by atoms with E-state index in [1.54, 1.807) is 35.7 Å². The Kier molecular flexibility index (Phi) is 6.74. The highest BCUT2D eigenvalue weighted by atomic mass is 16.5. The van der Waals surface area contributed by atoms with Crippen LogP contribution in [0.2, 0.25) is 0 Å². The van der Waals surface area contributed by atoms with Gasteiger partial charge in [0.25, 0.3) is 5.91 Å². The highest BCUT2D eigenvalue weighted by molar-refractivity contribution is 5.94.